The predicted molar refractivity (Wildman–Crippen MR) is 123 cm³/mol. The Bertz CT molecular complexity index is 1180. The molecule has 1 unspecified atom stereocenters. The third-order valence-corrected chi connectivity index (χ3v) is 9.81. The summed E-state index contributed by atoms with van der Waals surface area (Å²) in [5, 5.41) is 9.93. The second-order valence-corrected chi connectivity index (χ2v) is 11.7. The van der Waals surface area contributed by atoms with E-state index in [1.807, 2.05) is 34.5 Å². The Hall–Kier alpha value is -2.31. The van der Waals surface area contributed by atoms with Gasteiger partial charge in [-0.05, 0) is 35.0 Å². The van der Waals surface area contributed by atoms with Crippen LogP contribution < -0.4 is 0 Å². The fraction of sp³-hybridized carbons (Fsp3) is 0.333. The summed E-state index contributed by atoms with van der Waals surface area (Å²) in [6.07, 6.45) is 2.21. The lowest BCUT2D eigenvalue weighted by molar-refractivity contribution is -0.134. The normalized spacial score (nSPS) is 20.6. The second kappa shape index (κ2) is 8.91. The van der Waals surface area contributed by atoms with Crippen LogP contribution in [0, 0.1) is 0 Å². The summed E-state index contributed by atoms with van der Waals surface area (Å²) in [6, 6.07) is 10.8. The van der Waals surface area contributed by atoms with Crippen molar-refractivity contribution in [2.45, 2.75) is 16.7 Å². The van der Waals surface area contributed by atoms with Gasteiger partial charge in [0.15, 0.2) is 0 Å². The maximum atomic E-state index is 13.2. The van der Waals surface area contributed by atoms with Gasteiger partial charge in [0.25, 0.3) is 15.9 Å². The van der Waals surface area contributed by atoms with Crippen LogP contribution in [0.5, 0.6) is 0 Å². The number of amides is 1. The van der Waals surface area contributed by atoms with Gasteiger partial charge in [0.2, 0.25) is 0 Å². The van der Waals surface area contributed by atoms with Crippen molar-refractivity contribution in [1.82, 2.24) is 14.2 Å². The van der Waals surface area contributed by atoms with Crippen molar-refractivity contribution in [3.8, 4) is 0 Å². The summed E-state index contributed by atoms with van der Waals surface area (Å²) in [5.74, 6) is 0.591. The molecule has 5 heterocycles. The molecule has 3 aromatic rings. The molecule has 3 aromatic heterocycles. The number of piperazine rings is 1. The zero-order valence-corrected chi connectivity index (χ0v) is 19.6. The van der Waals surface area contributed by atoms with Crippen molar-refractivity contribution in [1.29, 1.82) is 0 Å². The van der Waals surface area contributed by atoms with E-state index in [9.17, 15) is 13.2 Å². The van der Waals surface area contributed by atoms with Gasteiger partial charge in [-0.25, -0.2) is 13.4 Å². The van der Waals surface area contributed by atoms with Crippen LogP contribution in [0.15, 0.2) is 67.1 Å². The maximum absolute atomic E-state index is 13.2. The zero-order valence-electron chi connectivity index (χ0n) is 17.2. The monoisotopic (exact) mass is 490 g/mol. The van der Waals surface area contributed by atoms with Crippen molar-refractivity contribution in [2.75, 3.05) is 32.7 Å². The molecule has 0 radical (unpaired) electrons. The summed E-state index contributed by atoms with van der Waals surface area (Å²) in [4.78, 5) is 16.2. The molecule has 2 aliphatic rings. The van der Waals surface area contributed by atoms with E-state index in [0.717, 1.165) is 10.6 Å². The minimum absolute atomic E-state index is 0.118. The van der Waals surface area contributed by atoms with Gasteiger partial charge in [0.05, 0.1) is 23.4 Å². The van der Waals surface area contributed by atoms with Gasteiger partial charge in [-0.1, -0.05) is 12.1 Å². The van der Waals surface area contributed by atoms with Crippen molar-refractivity contribution in [2.24, 2.45) is 5.10 Å². The van der Waals surface area contributed by atoms with Crippen molar-refractivity contribution < 1.29 is 17.6 Å². The molecule has 32 heavy (non-hydrogen) atoms. The lowest BCUT2D eigenvalue weighted by Crippen LogP contribution is -2.51. The standard InChI is InChI=1S/C21H22N4O4S3/c26-20(15-23-7-9-24(10-8-23)32(27,28)21-6-3-13-31-21)25-17(18-4-1-11-29-18)14-16(22-25)19-5-2-12-30-19/h1-6,11-13,17H,7-10,14-15H2. The summed E-state index contributed by atoms with van der Waals surface area (Å²) < 4.78 is 32.9. The van der Waals surface area contributed by atoms with E-state index in [1.54, 1.807) is 35.1 Å². The number of sulfonamides is 1. The van der Waals surface area contributed by atoms with Gasteiger partial charge in [0.1, 0.15) is 16.0 Å². The van der Waals surface area contributed by atoms with Gasteiger partial charge >= 0.3 is 0 Å². The molecule has 0 spiro atoms. The number of hydrazone groups is 1. The average Bonchev–Trinajstić information content (AvgIpc) is 3.59. The van der Waals surface area contributed by atoms with Crippen LogP contribution in [0.2, 0.25) is 0 Å². The third-order valence-electron chi connectivity index (χ3n) is 5.62. The zero-order chi connectivity index (χ0) is 22.1. The van der Waals surface area contributed by atoms with Gasteiger partial charge in [-0.15, -0.1) is 22.7 Å². The average molecular weight is 491 g/mol. The number of rotatable bonds is 6. The van der Waals surface area contributed by atoms with Gasteiger partial charge < -0.3 is 4.42 Å². The Morgan fingerprint density at radius 2 is 1.84 bits per heavy atom. The number of thiophene rings is 2. The molecule has 1 fully saturated rings. The molecule has 0 aromatic carbocycles. The molecule has 2 aliphatic heterocycles. The minimum Gasteiger partial charge on any atom is -0.467 e. The van der Waals surface area contributed by atoms with Crippen LogP contribution in [0.4, 0.5) is 0 Å². The van der Waals surface area contributed by atoms with E-state index in [2.05, 4.69) is 5.10 Å². The summed E-state index contributed by atoms with van der Waals surface area (Å²) in [7, 11) is -3.46. The molecular formula is C21H22N4O4S3. The number of hydrogen-bond donors (Lipinski definition) is 0. The van der Waals surface area contributed by atoms with Crippen molar-refractivity contribution >= 4 is 44.3 Å². The fourth-order valence-electron chi connectivity index (χ4n) is 3.96. The Labute approximate surface area is 194 Å². The Morgan fingerprint density at radius 3 is 2.50 bits per heavy atom. The lowest BCUT2D eigenvalue weighted by atomic mass is 10.1. The highest BCUT2D eigenvalue weighted by Crippen LogP contribution is 2.34. The van der Waals surface area contributed by atoms with Gasteiger partial charge in [-0.3, -0.25) is 9.69 Å². The SMILES string of the molecule is O=C(CN1CCN(S(=O)(=O)c2cccs2)CC1)N1N=C(c2cccs2)CC1c1ccco1. The van der Waals surface area contributed by atoms with Crippen LogP contribution in [-0.4, -0.2) is 67.0 Å². The van der Waals surface area contributed by atoms with E-state index >= 15 is 0 Å². The van der Waals surface area contributed by atoms with Crippen LogP contribution in [-0.2, 0) is 14.8 Å². The molecular weight excluding hydrogens is 468 g/mol. The van der Waals surface area contributed by atoms with E-state index < -0.39 is 10.0 Å². The molecule has 0 N–H and O–H groups in total. The molecule has 1 amide bonds. The van der Waals surface area contributed by atoms with Gasteiger partial charge in [-0.2, -0.15) is 9.41 Å². The topological polar surface area (TPSA) is 86.4 Å². The first-order valence-corrected chi connectivity index (χ1v) is 13.4. The van der Waals surface area contributed by atoms with Crippen LogP contribution in [0.1, 0.15) is 23.1 Å². The number of furan rings is 1. The highest BCUT2D eigenvalue weighted by Gasteiger charge is 2.36. The Kier molecular flexibility index (Phi) is 5.99. The lowest BCUT2D eigenvalue weighted by Gasteiger charge is -2.34. The number of hydrogen-bond acceptors (Lipinski definition) is 8. The largest absolute Gasteiger partial charge is 0.467 e. The first-order chi connectivity index (χ1) is 15.5. The van der Waals surface area contributed by atoms with E-state index in [1.165, 1.54) is 20.7 Å². The highest BCUT2D eigenvalue weighted by atomic mass is 32.2. The molecule has 5 rings (SSSR count). The number of carbonyl (C=O) groups excluding carboxylic acids is 1. The summed E-state index contributed by atoms with van der Waals surface area (Å²) in [5.41, 5.74) is 0.876. The molecule has 1 atom stereocenters. The number of nitrogens with zero attached hydrogens (tertiary/aromatic N) is 4. The molecule has 0 aliphatic carbocycles. The minimum atomic E-state index is -3.46. The van der Waals surface area contributed by atoms with Crippen LogP contribution in [0.3, 0.4) is 0 Å². The van der Waals surface area contributed by atoms with E-state index in [0.29, 0.717) is 42.6 Å². The third kappa shape index (κ3) is 4.18. The first-order valence-electron chi connectivity index (χ1n) is 10.3. The van der Waals surface area contributed by atoms with Crippen LogP contribution in [0.25, 0.3) is 0 Å². The van der Waals surface area contributed by atoms with Crippen LogP contribution >= 0.6 is 22.7 Å². The maximum Gasteiger partial charge on any atom is 0.257 e. The predicted octanol–water partition coefficient (Wildman–Crippen LogP) is 3.09. The van der Waals surface area contributed by atoms with Crippen molar-refractivity contribution in [3.63, 3.8) is 0 Å². The van der Waals surface area contributed by atoms with E-state index in [-0.39, 0.29) is 18.5 Å². The first kappa shape index (κ1) is 21.5. The Balaban J connectivity index is 1.26. The fourth-order valence-corrected chi connectivity index (χ4v) is 7.25. The quantitative estimate of drug-likeness (QED) is 0.530. The molecule has 168 valence electrons. The number of carbonyl (C=O) groups is 1. The van der Waals surface area contributed by atoms with Crippen molar-refractivity contribution in [3.05, 3.63) is 64.1 Å². The van der Waals surface area contributed by atoms with Gasteiger partial charge in [0, 0.05) is 32.6 Å². The summed E-state index contributed by atoms with van der Waals surface area (Å²) >= 11 is 2.82. The highest BCUT2D eigenvalue weighted by molar-refractivity contribution is 7.91. The Morgan fingerprint density at radius 1 is 1.06 bits per heavy atom. The van der Waals surface area contributed by atoms with E-state index in [4.69, 9.17) is 4.42 Å². The molecule has 11 heteroatoms. The molecule has 1 saturated heterocycles. The molecule has 8 nitrogen and oxygen atoms in total. The smallest absolute Gasteiger partial charge is 0.257 e. The molecule has 0 bridgehead atoms. The second-order valence-electron chi connectivity index (χ2n) is 7.61. The summed E-state index contributed by atoms with van der Waals surface area (Å²) in [6.45, 7) is 1.90. The molecule has 0 saturated carbocycles.